The third kappa shape index (κ3) is 1.83. The molecule has 0 radical (unpaired) electrons. The Balaban J connectivity index is 2.26. The van der Waals surface area contributed by atoms with E-state index in [2.05, 4.69) is 72.3 Å². The lowest BCUT2D eigenvalue weighted by Gasteiger charge is -2.14. The van der Waals surface area contributed by atoms with Crippen LogP contribution in [0.15, 0.2) is 40.9 Å². The molecule has 0 bridgehead atoms. The fourth-order valence-electron chi connectivity index (χ4n) is 2.55. The second-order valence-electron chi connectivity index (χ2n) is 4.92. The van der Waals surface area contributed by atoms with Crippen molar-refractivity contribution >= 4 is 22.0 Å². The Kier molecular flexibility index (Phi) is 2.87. The van der Waals surface area contributed by atoms with E-state index in [-0.39, 0.29) is 0 Å². The summed E-state index contributed by atoms with van der Waals surface area (Å²) in [6, 6.07) is 11.1. The Labute approximate surface area is 116 Å². The largest absolute Gasteiger partial charge is 0.0795 e. The van der Waals surface area contributed by atoms with Crippen molar-refractivity contribution < 1.29 is 0 Å². The standard InChI is InChI=1S/C17H15Br/c1-11-6-8-13(9-7-11)16-15-5-3-4-14(15)10-12(2)17(16)18/h3-4,6-10H,5H2,1-2H3. The molecule has 0 fully saturated rings. The van der Waals surface area contributed by atoms with E-state index in [0.29, 0.717) is 0 Å². The van der Waals surface area contributed by atoms with Gasteiger partial charge in [-0.15, -0.1) is 0 Å². The molecular weight excluding hydrogens is 284 g/mol. The van der Waals surface area contributed by atoms with Crippen LogP contribution in [0.5, 0.6) is 0 Å². The summed E-state index contributed by atoms with van der Waals surface area (Å²) >= 11 is 3.76. The molecule has 2 aromatic rings. The zero-order valence-corrected chi connectivity index (χ0v) is 12.2. The maximum Gasteiger partial charge on any atom is 0.0286 e. The average molecular weight is 299 g/mol. The first kappa shape index (κ1) is 11.7. The first-order chi connectivity index (χ1) is 8.66. The van der Waals surface area contributed by atoms with Gasteiger partial charge in [0.05, 0.1) is 0 Å². The molecule has 1 aliphatic rings. The highest BCUT2D eigenvalue weighted by Gasteiger charge is 2.16. The van der Waals surface area contributed by atoms with Gasteiger partial charge in [-0.1, -0.05) is 48.0 Å². The quantitative estimate of drug-likeness (QED) is 0.670. The van der Waals surface area contributed by atoms with E-state index in [9.17, 15) is 0 Å². The predicted molar refractivity (Wildman–Crippen MR) is 81.8 cm³/mol. The van der Waals surface area contributed by atoms with Gasteiger partial charge < -0.3 is 0 Å². The summed E-state index contributed by atoms with van der Waals surface area (Å²) in [5, 5.41) is 0. The maximum absolute atomic E-state index is 3.76. The number of halogens is 1. The molecule has 0 atom stereocenters. The second-order valence-corrected chi connectivity index (χ2v) is 5.72. The Morgan fingerprint density at radius 2 is 1.78 bits per heavy atom. The molecule has 18 heavy (non-hydrogen) atoms. The lowest BCUT2D eigenvalue weighted by atomic mass is 9.94. The van der Waals surface area contributed by atoms with Gasteiger partial charge >= 0.3 is 0 Å². The van der Waals surface area contributed by atoms with Crippen molar-refractivity contribution in [2.75, 3.05) is 0 Å². The van der Waals surface area contributed by atoms with Crippen LogP contribution in [-0.2, 0) is 6.42 Å². The molecule has 0 heterocycles. The van der Waals surface area contributed by atoms with Gasteiger partial charge in [-0.3, -0.25) is 0 Å². The molecule has 2 aromatic carbocycles. The predicted octanol–water partition coefficient (Wildman–Crippen LogP) is 5.30. The molecule has 0 amide bonds. The third-order valence-corrected chi connectivity index (χ3v) is 4.57. The first-order valence-corrected chi connectivity index (χ1v) is 7.01. The minimum Gasteiger partial charge on any atom is -0.0795 e. The van der Waals surface area contributed by atoms with Crippen LogP contribution in [0, 0.1) is 13.8 Å². The van der Waals surface area contributed by atoms with Crippen LogP contribution in [0.3, 0.4) is 0 Å². The maximum atomic E-state index is 3.76. The number of hydrogen-bond acceptors (Lipinski definition) is 0. The molecule has 0 saturated heterocycles. The Morgan fingerprint density at radius 3 is 2.50 bits per heavy atom. The minimum absolute atomic E-state index is 1.04. The minimum atomic E-state index is 1.04. The number of allylic oxidation sites excluding steroid dienone is 1. The fraction of sp³-hybridized carbons (Fsp3) is 0.176. The van der Waals surface area contributed by atoms with Gasteiger partial charge in [0.25, 0.3) is 0 Å². The van der Waals surface area contributed by atoms with Gasteiger partial charge in [0.2, 0.25) is 0 Å². The fourth-order valence-corrected chi connectivity index (χ4v) is 3.13. The van der Waals surface area contributed by atoms with Gasteiger partial charge in [-0.2, -0.15) is 0 Å². The summed E-state index contributed by atoms with van der Waals surface area (Å²) in [4.78, 5) is 0. The average Bonchev–Trinajstić information content (AvgIpc) is 2.80. The van der Waals surface area contributed by atoms with Gasteiger partial charge in [0, 0.05) is 10.0 Å². The van der Waals surface area contributed by atoms with E-state index in [0.717, 1.165) is 6.42 Å². The van der Waals surface area contributed by atoms with Gasteiger partial charge in [-0.05, 0) is 58.5 Å². The summed E-state index contributed by atoms with van der Waals surface area (Å²) < 4.78 is 1.23. The molecule has 0 saturated carbocycles. The molecule has 0 unspecified atom stereocenters. The number of aryl methyl sites for hydroxylation is 2. The van der Waals surface area contributed by atoms with Crippen molar-refractivity contribution in [1.82, 2.24) is 0 Å². The highest BCUT2D eigenvalue weighted by molar-refractivity contribution is 9.10. The van der Waals surface area contributed by atoms with Crippen LogP contribution in [0.1, 0.15) is 22.3 Å². The van der Waals surface area contributed by atoms with Crippen LogP contribution < -0.4 is 0 Å². The van der Waals surface area contributed by atoms with Crippen LogP contribution in [-0.4, -0.2) is 0 Å². The van der Waals surface area contributed by atoms with E-state index in [1.54, 1.807) is 0 Å². The second kappa shape index (κ2) is 4.40. The van der Waals surface area contributed by atoms with Crippen LogP contribution in [0.4, 0.5) is 0 Å². The first-order valence-electron chi connectivity index (χ1n) is 6.22. The highest BCUT2D eigenvalue weighted by Crippen LogP contribution is 2.39. The Morgan fingerprint density at radius 1 is 1.06 bits per heavy atom. The van der Waals surface area contributed by atoms with Crippen LogP contribution >= 0.6 is 15.9 Å². The zero-order chi connectivity index (χ0) is 12.7. The van der Waals surface area contributed by atoms with Crippen LogP contribution in [0.2, 0.25) is 0 Å². The molecular formula is C17H15Br. The summed E-state index contributed by atoms with van der Waals surface area (Å²) in [5.41, 5.74) is 8.07. The third-order valence-electron chi connectivity index (χ3n) is 3.55. The van der Waals surface area contributed by atoms with Gasteiger partial charge in [0.15, 0.2) is 0 Å². The lowest BCUT2D eigenvalue weighted by Crippen LogP contribution is -1.93. The summed E-state index contributed by atoms with van der Waals surface area (Å²) in [6.07, 6.45) is 5.51. The van der Waals surface area contributed by atoms with Crippen LogP contribution in [0.25, 0.3) is 17.2 Å². The topological polar surface area (TPSA) is 0 Å². The van der Waals surface area contributed by atoms with Gasteiger partial charge in [0.1, 0.15) is 0 Å². The van der Waals surface area contributed by atoms with E-state index in [4.69, 9.17) is 0 Å². The number of fused-ring (bicyclic) bond motifs is 1. The number of benzene rings is 2. The summed E-state index contributed by atoms with van der Waals surface area (Å²) in [7, 11) is 0. The number of rotatable bonds is 1. The van der Waals surface area contributed by atoms with Crippen molar-refractivity contribution in [3.05, 3.63) is 63.1 Å². The summed E-state index contributed by atoms with van der Waals surface area (Å²) in [6.45, 7) is 4.29. The van der Waals surface area contributed by atoms with Crippen molar-refractivity contribution in [3.8, 4) is 11.1 Å². The zero-order valence-electron chi connectivity index (χ0n) is 10.6. The molecule has 0 spiro atoms. The molecule has 90 valence electrons. The van der Waals surface area contributed by atoms with E-state index < -0.39 is 0 Å². The van der Waals surface area contributed by atoms with Crippen molar-refractivity contribution in [2.24, 2.45) is 0 Å². The van der Waals surface area contributed by atoms with Crippen molar-refractivity contribution in [3.63, 3.8) is 0 Å². The molecule has 3 rings (SSSR count). The number of hydrogen-bond donors (Lipinski definition) is 0. The molecule has 0 aliphatic heterocycles. The van der Waals surface area contributed by atoms with Gasteiger partial charge in [-0.25, -0.2) is 0 Å². The van der Waals surface area contributed by atoms with E-state index in [1.165, 1.54) is 37.9 Å². The van der Waals surface area contributed by atoms with E-state index in [1.807, 2.05) is 0 Å². The SMILES string of the molecule is Cc1ccc(-c2c(Br)c(C)cc3c2CC=C3)cc1. The molecule has 0 aromatic heterocycles. The summed E-state index contributed by atoms with van der Waals surface area (Å²) in [5.74, 6) is 0. The normalized spacial score (nSPS) is 12.8. The monoisotopic (exact) mass is 298 g/mol. The molecule has 0 N–H and O–H groups in total. The van der Waals surface area contributed by atoms with Crippen molar-refractivity contribution in [1.29, 1.82) is 0 Å². The lowest BCUT2D eigenvalue weighted by molar-refractivity contribution is 1.27. The Bertz CT molecular complexity index is 634. The molecule has 0 nitrogen and oxygen atoms in total. The van der Waals surface area contributed by atoms with E-state index >= 15 is 0 Å². The van der Waals surface area contributed by atoms with Crippen molar-refractivity contribution in [2.45, 2.75) is 20.3 Å². The highest BCUT2D eigenvalue weighted by atomic mass is 79.9. The Hall–Kier alpha value is -1.34. The molecule has 1 aliphatic carbocycles. The smallest absolute Gasteiger partial charge is 0.0286 e. The molecule has 1 heteroatoms.